The van der Waals surface area contributed by atoms with Gasteiger partial charge in [-0.2, -0.15) is 0 Å². The molecule has 0 bridgehead atoms. The van der Waals surface area contributed by atoms with Crippen molar-refractivity contribution in [3.05, 3.63) is 0 Å². The summed E-state index contributed by atoms with van der Waals surface area (Å²) >= 11 is 0. The molecule has 3 nitrogen and oxygen atoms in total. The molecule has 1 aliphatic carbocycles. The van der Waals surface area contributed by atoms with E-state index in [0.29, 0.717) is 6.04 Å². The summed E-state index contributed by atoms with van der Waals surface area (Å²) in [6, 6.07) is 0.539. The number of aliphatic hydroxyl groups is 1. The number of ether oxygens (including phenoxy) is 1. The Morgan fingerprint density at radius 3 is 2.60 bits per heavy atom. The van der Waals surface area contributed by atoms with Crippen LogP contribution < -0.4 is 5.32 Å². The lowest BCUT2D eigenvalue weighted by Gasteiger charge is -2.26. The normalized spacial score (nSPS) is 29.0. The predicted octanol–water partition coefficient (Wildman–Crippen LogP) is 1.55. The largest absolute Gasteiger partial charge is 0.393 e. The number of rotatable bonds is 6. The summed E-state index contributed by atoms with van der Waals surface area (Å²) in [4.78, 5) is 0. The zero-order valence-electron chi connectivity index (χ0n) is 10.0. The maximum absolute atomic E-state index is 9.38. The van der Waals surface area contributed by atoms with E-state index in [1.54, 1.807) is 7.11 Å². The minimum absolute atomic E-state index is 0.0350. The maximum Gasteiger partial charge on any atom is 0.0540 e. The highest BCUT2D eigenvalue weighted by Crippen LogP contribution is 2.23. The van der Waals surface area contributed by atoms with Gasteiger partial charge < -0.3 is 15.2 Å². The molecule has 0 saturated heterocycles. The third-order valence-electron chi connectivity index (χ3n) is 3.33. The molecule has 15 heavy (non-hydrogen) atoms. The molecule has 0 amide bonds. The smallest absolute Gasteiger partial charge is 0.0540 e. The monoisotopic (exact) mass is 215 g/mol. The van der Waals surface area contributed by atoms with Crippen molar-refractivity contribution in [3.63, 3.8) is 0 Å². The first-order chi connectivity index (χ1) is 7.22. The Morgan fingerprint density at radius 2 is 2.00 bits per heavy atom. The zero-order valence-corrected chi connectivity index (χ0v) is 10.0. The summed E-state index contributed by atoms with van der Waals surface area (Å²) in [5, 5.41) is 12.9. The Kier molecular flexibility index (Phi) is 6.22. The van der Waals surface area contributed by atoms with E-state index in [-0.39, 0.29) is 6.10 Å². The molecule has 1 fully saturated rings. The molecular weight excluding hydrogens is 190 g/mol. The number of methoxy groups -OCH3 is 1. The van der Waals surface area contributed by atoms with E-state index in [1.165, 1.54) is 12.8 Å². The summed E-state index contributed by atoms with van der Waals surface area (Å²) in [6.07, 6.45) is 5.35. The standard InChI is InChI=1S/C12H25NO2/c1-10(7-8-15-2)13-9-11-3-5-12(14)6-4-11/h10-14H,3-9H2,1-2H3. The third-order valence-corrected chi connectivity index (χ3v) is 3.33. The fraction of sp³-hybridized carbons (Fsp3) is 1.00. The van der Waals surface area contributed by atoms with Crippen LogP contribution in [0.15, 0.2) is 0 Å². The number of hydrogen-bond donors (Lipinski definition) is 2. The highest BCUT2D eigenvalue weighted by Gasteiger charge is 2.19. The minimum Gasteiger partial charge on any atom is -0.393 e. The number of nitrogens with one attached hydrogen (secondary N) is 1. The van der Waals surface area contributed by atoms with Crippen molar-refractivity contribution in [3.8, 4) is 0 Å². The van der Waals surface area contributed by atoms with Gasteiger partial charge >= 0.3 is 0 Å². The first-order valence-electron chi connectivity index (χ1n) is 6.12. The van der Waals surface area contributed by atoms with Gasteiger partial charge in [-0.25, -0.2) is 0 Å². The Morgan fingerprint density at radius 1 is 1.33 bits per heavy atom. The molecule has 1 atom stereocenters. The number of aliphatic hydroxyl groups excluding tert-OH is 1. The van der Waals surface area contributed by atoms with E-state index in [9.17, 15) is 5.11 Å². The molecule has 0 aromatic heterocycles. The second-order valence-electron chi connectivity index (χ2n) is 4.77. The summed E-state index contributed by atoms with van der Waals surface area (Å²) in [5.74, 6) is 0.762. The van der Waals surface area contributed by atoms with E-state index in [2.05, 4.69) is 12.2 Å². The van der Waals surface area contributed by atoms with Crippen LogP contribution >= 0.6 is 0 Å². The Bertz CT molecular complexity index is 156. The van der Waals surface area contributed by atoms with E-state index in [1.807, 2.05) is 0 Å². The van der Waals surface area contributed by atoms with Crippen molar-refractivity contribution in [2.75, 3.05) is 20.3 Å². The minimum atomic E-state index is -0.0350. The fourth-order valence-electron chi connectivity index (χ4n) is 2.11. The van der Waals surface area contributed by atoms with Crippen molar-refractivity contribution in [2.45, 2.75) is 51.2 Å². The molecule has 0 aliphatic heterocycles. The molecule has 1 saturated carbocycles. The second-order valence-corrected chi connectivity index (χ2v) is 4.77. The second kappa shape index (κ2) is 7.20. The van der Waals surface area contributed by atoms with Gasteiger partial charge in [-0.3, -0.25) is 0 Å². The molecule has 90 valence electrons. The quantitative estimate of drug-likeness (QED) is 0.706. The molecule has 0 aromatic rings. The molecule has 0 radical (unpaired) electrons. The van der Waals surface area contributed by atoms with Gasteiger partial charge in [0.05, 0.1) is 6.10 Å². The summed E-state index contributed by atoms with van der Waals surface area (Å²) in [6.45, 7) is 4.13. The molecule has 2 N–H and O–H groups in total. The van der Waals surface area contributed by atoms with Crippen LogP contribution in [0.4, 0.5) is 0 Å². The van der Waals surface area contributed by atoms with Gasteiger partial charge in [0.1, 0.15) is 0 Å². The van der Waals surface area contributed by atoms with Crippen LogP contribution in [0.5, 0.6) is 0 Å². The third kappa shape index (κ3) is 5.50. The van der Waals surface area contributed by atoms with Crippen LogP contribution in [0.25, 0.3) is 0 Å². The van der Waals surface area contributed by atoms with Crippen molar-refractivity contribution in [1.82, 2.24) is 5.32 Å². The summed E-state index contributed by atoms with van der Waals surface area (Å²) in [7, 11) is 1.75. The first kappa shape index (κ1) is 12.9. The topological polar surface area (TPSA) is 41.5 Å². The average molecular weight is 215 g/mol. The fourth-order valence-corrected chi connectivity index (χ4v) is 2.11. The van der Waals surface area contributed by atoms with Crippen LogP contribution in [-0.4, -0.2) is 37.5 Å². The highest BCUT2D eigenvalue weighted by molar-refractivity contribution is 4.74. The molecular formula is C12H25NO2. The lowest BCUT2D eigenvalue weighted by molar-refractivity contribution is 0.107. The molecule has 0 spiro atoms. The average Bonchev–Trinajstić information content (AvgIpc) is 2.25. The maximum atomic E-state index is 9.38. The highest BCUT2D eigenvalue weighted by atomic mass is 16.5. The van der Waals surface area contributed by atoms with Crippen molar-refractivity contribution in [2.24, 2.45) is 5.92 Å². The molecule has 0 heterocycles. The Balaban J connectivity index is 2.04. The first-order valence-corrected chi connectivity index (χ1v) is 6.12. The van der Waals surface area contributed by atoms with Gasteiger partial charge in [0.2, 0.25) is 0 Å². The van der Waals surface area contributed by atoms with Gasteiger partial charge in [0.25, 0.3) is 0 Å². The predicted molar refractivity (Wildman–Crippen MR) is 61.9 cm³/mol. The zero-order chi connectivity index (χ0) is 11.1. The summed E-state index contributed by atoms with van der Waals surface area (Å²) in [5.41, 5.74) is 0. The molecule has 1 unspecified atom stereocenters. The Hall–Kier alpha value is -0.120. The van der Waals surface area contributed by atoms with Gasteiger partial charge in [-0.15, -0.1) is 0 Å². The van der Waals surface area contributed by atoms with Gasteiger partial charge in [0.15, 0.2) is 0 Å². The van der Waals surface area contributed by atoms with Gasteiger partial charge in [-0.1, -0.05) is 0 Å². The van der Waals surface area contributed by atoms with Crippen molar-refractivity contribution >= 4 is 0 Å². The van der Waals surface area contributed by atoms with Crippen LogP contribution in [0, 0.1) is 5.92 Å². The molecule has 3 heteroatoms. The molecule has 0 aromatic carbocycles. The van der Waals surface area contributed by atoms with E-state index in [0.717, 1.165) is 38.3 Å². The van der Waals surface area contributed by atoms with Crippen molar-refractivity contribution < 1.29 is 9.84 Å². The molecule has 1 rings (SSSR count). The molecule has 1 aliphatic rings. The van der Waals surface area contributed by atoms with Crippen LogP contribution in [0.1, 0.15) is 39.0 Å². The van der Waals surface area contributed by atoms with Crippen LogP contribution in [0.2, 0.25) is 0 Å². The van der Waals surface area contributed by atoms with Crippen molar-refractivity contribution in [1.29, 1.82) is 0 Å². The SMILES string of the molecule is COCCC(C)NCC1CCC(O)CC1. The Labute approximate surface area is 93.2 Å². The lowest BCUT2D eigenvalue weighted by Crippen LogP contribution is -2.34. The lowest BCUT2D eigenvalue weighted by atomic mass is 9.87. The number of hydrogen-bond acceptors (Lipinski definition) is 3. The van der Waals surface area contributed by atoms with Crippen LogP contribution in [0.3, 0.4) is 0 Å². The van der Waals surface area contributed by atoms with E-state index < -0.39 is 0 Å². The summed E-state index contributed by atoms with van der Waals surface area (Å²) < 4.78 is 5.05. The van der Waals surface area contributed by atoms with E-state index >= 15 is 0 Å². The van der Waals surface area contributed by atoms with E-state index in [4.69, 9.17) is 4.74 Å². The van der Waals surface area contributed by atoms with Gasteiger partial charge in [-0.05, 0) is 51.5 Å². The van der Waals surface area contributed by atoms with Gasteiger partial charge in [0, 0.05) is 19.8 Å². The van der Waals surface area contributed by atoms with Crippen LogP contribution in [-0.2, 0) is 4.74 Å².